The molecule has 4 atom stereocenters. The van der Waals surface area contributed by atoms with Crippen molar-refractivity contribution in [3.05, 3.63) is 35.9 Å². The van der Waals surface area contributed by atoms with Crippen LogP contribution >= 0.6 is 0 Å². The van der Waals surface area contributed by atoms with Crippen LogP contribution in [0.4, 0.5) is 0 Å². The number of hydrogen-bond acceptors (Lipinski definition) is 5. The van der Waals surface area contributed by atoms with E-state index in [0.717, 1.165) is 51.4 Å². The normalized spacial score (nSPS) is 31.3. The van der Waals surface area contributed by atoms with Crippen LogP contribution in [0.25, 0.3) is 0 Å². The Kier molecular flexibility index (Phi) is 7.73. The van der Waals surface area contributed by atoms with Crippen LogP contribution in [0.15, 0.2) is 30.3 Å². The van der Waals surface area contributed by atoms with Crippen LogP contribution in [-0.4, -0.2) is 77.1 Å². The smallest absolute Gasteiger partial charge is 0.214 e. The summed E-state index contributed by atoms with van der Waals surface area (Å²) in [7, 11) is -3.14. The van der Waals surface area contributed by atoms with Crippen LogP contribution in [-0.2, 0) is 26.0 Å². The second kappa shape index (κ2) is 10.1. The average molecular weight is 495 g/mol. The van der Waals surface area contributed by atoms with Gasteiger partial charge < -0.3 is 9.47 Å². The minimum atomic E-state index is -3.32. The van der Waals surface area contributed by atoms with Crippen molar-refractivity contribution in [3.8, 4) is 0 Å². The lowest BCUT2D eigenvalue weighted by Crippen LogP contribution is -2.62. The third kappa shape index (κ3) is 5.57. The second-order valence-electron chi connectivity index (χ2n) is 11.5. The molecule has 1 aromatic rings. The van der Waals surface area contributed by atoms with Gasteiger partial charge >= 0.3 is 0 Å². The van der Waals surface area contributed by atoms with Gasteiger partial charge in [-0.3, -0.25) is 4.90 Å². The molecule has 0 bridgehead atoms. The van der Waals surface area contributed by atoms with Crippen molar-refractivity contribution in [1.29, 1.82) is 0 Å². The first-order valence-corrected chi connectivity index (χ1v) is 17.8. The fraction of sp³-hybridized carbons (Fsp3) is 0.760. The Hall–Kier alpha value is -0.773. The van der Waals surface area contributed by atoms with Crippen LogP contribution in [0.1, 0.15) is 31.2 Å². The first-order chi connectivity index (χ1) is 15.6. The van der Waals surface area contributed by atoms with Gasteiger partial charge in [0.05, 0.1) is 17.9 Å². The number of piperidine rings is 1. The third-order valence-electron chi connectivity index (χ3n) is 8.09. The number of likely N-dealkylation sites (tertiary alicyclic amines) is 1. The minimum absolute atomic E-state index is 0.0318. The van der Waals surface area contributed by atoms with Crippen LogP contribution in [0, 0.1) is 11.3 Å². The van der Waals surface area contributed by atoms with E-state index in [1.807, 2.05) is 4.31 Å². The Morgan fingerprint density at radius 3 is 2.55 bits per heavy atom. The fourth-order valence-electron chi connectivity index (χ4n) is 6.44. The molecule has 1 saturated carbocycles. The van der Waals surface area contributed by atoms with E-state index in [0.29, 0.717) is 12.5 Å². The van der Waals surface area contributed by atoms with Gasteiger partial charge in [0.15, 0.2) is 0 Å². The molecular formula is C25H42N2O4SSi. The van der Waals surface area contributed by atoms with Crippen molar-refractivity contribution in [1.82, 2.24) is 9.21 Å². The molecule has 2 heterocycles. The molecule has 1 aromatic carbocycles. The Balaban J connectivity index is 1.60. The number of rotatable bonds is 9. The summed E-state index contributed by atoms with van der Waals surface area (Å²) in [5.74, 6) is 0.833. The predicted octanol–water partition coefficient (Wildman–Crippen LogP) is 4.02. The molecule has 0 N–H and O–H groups in total. The maximum atomic E-state index is 13.6. The average Bonchev–Trinajstić information content (AvgIpc) is 3.16. The zero-order valence-corrected chi connectivity index (χ0v) is 22.6. The van der Waals surface area contributed by atoms with Gasteiger partial charge in [0.1, 0.15) is 6.79 Å². The zero-order chi connectivity index (χ0) is 23.7. The summed E-state index contributed by atoms with van der Waals surface area (Å²) in [6, 6.07) is 11.4. The van der Waals surface area contributed by atoms with Crippen molar-refractivity contribution in [3.63, 3.8) is 0 Å². The SMILES string of the molecule is COCO[C@@H]1CC[C@@H]2CCN(Cc3ccccc3)C[C@@]23CCN(S(=O)(=O)CC[Si](C)(C)C)[C@@H]13. The number of benzene rings is 1. The molecule has 1 aliphatic carbocycles. The van der Waals surface area contributed by atoms with Crippen molar-refractivity contribution < 1.29 is 17.9 Å². The summed E-state index contributed by atoms with van der Waals surface area (Å²) in [5, 5.41) is 0. The number of ether oxygens (including phenoxy) is 2. The van der Waals surface area contributed by atoms with E-state index in [2.05, 4.69) is 54.9 Å². The number of hydrogen-bond donors (Lipinski definition) is 0. The molecule has 3 fully saturated rings. The summed E-state index contributed by atoms with van der Waals surface area (Å²) in [4.78, 5) is 2.55. The molecule has 186 valence electrons. The van der Waals surface area contributed by atoms with E-state index in [1.54, 1.807) is 7.11 Å². The molecule has 0 amide bonds. The van der Waals surface area contributed by atoms with Crippen molar-refractivity contribution >= 4 is 18.1 Å². The van der Waals surface area contributed by atoms with Gasteiger partial charge in [0.25, 0.3) is 0 Å². The highest BCUT2D eigenvalue weighted by Gasteiger charge is 2.61. The standard InChI is InChI=1S/C25H42N2O4SSi/c1-30-20-31-23-11-10-22-12-14-26(18-21-8-6-5-7-9-21)19-25(22)13-15-27(24(23)25)32(28,29)16-17-33(2,3)4/h5-9,22-24H,10-20H2,1-4H3/t22-,23-,24+,25+/m1/s1. The topological polar surface area (TPSA) is 59.1 Å². The highest BCUT2D eigenvalue weighted by molar-refractivity contribution is 7.89. The highest BCUT2D eigenvalue weighted by atomic mass is 32.2. The molecule has 2 saturated heterocycles. The molecule has 8 heteroatoms. The van der Waals surface area contributed by atoms with Crippen LogP contribution in [0.5, 0.6) is 0 Å². The number of nitrogens with zero attached hydrogens (tertiary/aromatic N) is 2. The number of sulfonamides is 1. The third-order valence-corrected chi connectivity index (χ3v) is 12.0. The predicted molar refractivity (Wildman–Crippen MR) is 135 cm³/mol. The van der Waals surface area contributed by atoms with Gasteiger partial charge in [0.2, 0.25) is 10.0 Å². The minimum Gasteiger partial charge on any atom is -0.359 e. The van der Waals surface area contributed by atoms with E-state index in [1.165, 1.54) is 5.56 Å². The zero-order valence-electron chi connectivity index (χ0n) is 20.8. The largest absolute Gasteiger partial charge is 0.359 e. The van der Waals surface area contributed by atoms with Gasteiger partial charge in [-0.1, -0.05) is 50.0 Å². The van der Waals surface area contributed by atoms with Gasteiger partial charge in [-0.05, 0) is 49.8 Å². The molecular weight excluding hydrogens is 452 g/mol. The highest BCUT2D eigenvalue weighted by Crippen LogP contribution is 2.55. The molecule has 3 aliphatic rings. The first-order valence-electron chi connectivity index (χ1n) is 12.5. The first kappa shape index (κ1) is 25.3. The Morgan fingerprint density at radius 2 is 1.85 bits per heavy atom. The molecule has 0 radical (unpaired) electrons. The molecule has 4 rings (SSSR count). The fourth-order valence-corrected chi connectivity index (χ4v) is 11.2. The van der Waals surface area contributed by atoms with E-state index in [-0.39, 0.29) is 30.1 Å². The van der Waals surface area contributed by atoms with E-state index < -0.39 is 18.1 Å². The number of methoxy groups -OCH3 is 1. The van der Waals surface area contributed by atoms with Gasteiger partial charge in [0, 0.05) is 40.2 Å². The molecule has 2 aliphatic heterocycles. The van der Waals surface area contributed by atoms with Crippen LogP contribution in [0.3, 0.4) is 0 Å². The van der Waals surface area contributed by atoms with Crippen molar-refractivity contribution in [2.75, 3.05) is 39.3 Å². The van der Waals surface area contributed by atoms with Crippen LogP contribution < -0.4 is 0 Å². The summed E-state index contributed by atoms with van der Waals surface area (Å²) in [6.45, 7) is 10.5. The van der Waals surface area contributed by atoms with Gasteiger partial charge in [-0.2, -0.15) is 4.31 Å². The van der Waals surface area contributed by atoms with Gasteiger partial charge in [-0.25, -0.2) is 8.42 Å². The maximum Gasteiger partial charge on any atom is 0.214 e. The Labute approximate surface area is 201 Å². The summed E-state index contributed by atoms with van der Waals surface area (Å²) >= 11 is 0. The van der Waals surface area contributed by atoms with Crippen molar-refractivity contribution in [2.24, 2.45) is 11.3 Å². The van der Waals surface area contributed by atoms with E-state index in [9.17, 15) is 8.42 Å². The lowest BCUT2D eigenvalue weighted by atomic mass is 9.59. The Morgan fingerprint density at radius 1 is 1.09 bits per heavy atom. The molecule has 0 aromatic heterocycles. The summed E-state index contributed by atoms with van der Waals surface area (Å²) in [6.07, 6.45) is 4.02. The lowest BCUT2D eigenvalue weighted by molar-refractivity contribution is -0.144. The van der Waals surface area contributed by atoms with Crippen LogP contribution in [0.2, 0.25) is 25.7 Å². The molecule has 0 unspecified atom stereocenters. The molecule has 6 nitrogen and oxygen atoms in total. The Bertz CT molecular complexity index is 891. The van der Waals surface area contributed by atoms with E-state index in [4.69, 9.17) is 9.47 Å². The lowest BCUT2D eigenvalue weighted by Gasteiger charge is -2.55. The summed E-state index contributed by atoms with van der Waals surface area (Å²) in [5.41, 5.74) is 1.29. The van der Waals surface area contributed by atoms with Gasteiger partial charge in [-0.15, -0.1) is 0 Å². The monoisotopic (exact) mass is 494 g/mol. The summed E-state index contributed by atoms with van der Waals surface area (Å²) < 4.78 is 40.6. The molecule has 33 heavy (non-hydrogen) atoms. The maximum absolute atomic E-state index is 13.6. The van der Waals surface area contributed by atoms with E-state index >= 15 is 0 Å². The second-order valence-corrected chi connectivity index (χ2v) is 19.2. The quantitative estimate of drug-likeness (QED) is 0.383. The van der Waals surface area contributed by atoms with Crippen molar-refractivity contribution in [2.45, 2.75) is 70.1 Å². The molecule has 1 spiro atoms.